The SMILES string of the molecule is C[C@@H]1CCCN(S(=O)(=O)c2cccc(C(=O)NCCCN3CCCC3=O)c2)C1. The summed E-state index contributed by atoms with van der Waals surface area (Å²) in [5, 5.41) is 2.82. The molecule has 1 atom stereocenters. The van der Waals surface area contributed by atoms with Gasteiger partial charge in [0.05, 0.1) is 4.90 Å². The van der Waals surface area contributed by atoms with Gasteiger partial charge in [0, 0.05) is 44.7 Å². The van der Waals surface area contributed by atoms with Crippen LogP contribution >= 0.6 is 0 Å². The van der Waals surface area contributed by atoms with Crippen LogP contribution in [0.2, 0.25) is 0 Å². The monoisotopic (exact) mass is 407 g/mol. The molecule has 0 aliphatic carbocycles. The fraction of sp³-hybridized carbons (Fsp3) is 0.600. The van der Waals surface area contributed by atoms with Crippen LogP contribution in [0, 0.1) is 5.92 Å². The maximum absolute atomic E-state index is 12.9. The number of likely N-dealkylation sites (tertiary alicyclic amines) is 1. The largest absolute Gasteiger partial charge is 0.352 e. The van der Waals surface area contributed by atoms with Crippen LogP contribution < -0.4 is 5.32 Å². The molecular weight excluding hydrogens is 378 g/mol. The van der Waals surface area contributed by atoms with Crippen molar-refractivity contribution in [3.05, 3.63) is 29.8 Å². The molecule has 28 heavy (non-hydrogen) atoms. The normalized spacial score (nSPS) is 21.1. The summed E-state index contributed by atoms with van der Waals surface area (Å²) in [5.74, 6) is 0.227. The Labute approximate surface area is 167 Å². The van der Waals surface area contributed by atoms with E-state index < -0.39 is 10.0 Å². The Morgan fingerprint density at radius 2 is 2.07 bits per heavy atom. The van der Waals surface area contributed by atoms with Crippen molar-refractivity contribution in [1.82, 2.24) is 14.5 Å². The van der Waals surface area contributed by atoms with E-state index >= 15 is 0 Å². The summed E-state index contributed by atoms with van der Waals surface area (Å²) in [6.07, 6.45) is 4.10. The van der Waals surface area contributed by atoms with Crippen molar-refractivity contribution in [3.63, 3.8) is 0 Å². The lowest BCUT2D eigenvalue weighted by atomic mass is 10.0. The maximum Gasteiger partial charge on any atom is 0.251 e. The highest BCUT2D eigenvalue weighted by atomic mass is 32.2. The first-order valence-corrected chi connectivity index (χ1v) is 11.5. The standard InChI is InChI=1S/C20H29N3O4S/c1-16-6-3-13-23(15-16)28(26,27)18-8-2-7-17(14-18)20(25)21-10-5-12-22-11-4-9-19(22)24/h2,7-8,14,16H,3-6,9-13,15H2,1H3,(H,21,25)/t16-/m1/s1. The Bertz CT molecular complexity index is 824. The van der Waals surface area contributed by atoms with Crippen molar-refractivity contribution in [1.29, 1.82) is 0 Å². The van der Waals surface area contributed by atoms with Crippen molar-refractivity contribution in [2.75, 3.05) is 32.7 Å². The molecule has 1 N–H and O–H groups in total. The van der Waals surface area contributed by atoms with Gasteiger partial charge in [-0.05, 0) is 49.8 Å². The molecule has 2 fully saturated rings. The Kier molecular flexibility index (Phi) is 6.72. The number of amides is 2. The number of hydrogen-bond donors (Lipinski definition) is 1. The Hall–Kier alpha value is -1.93. The van der Waals surface area contributed by atoms with Crippen molar-refractivity contribution in [2.24, 2.45) is 5.92 Å². The van der Waals surface area contributed by atoms with Gasteiger partial charge in [0.1, 0.15) is 0 Å². The van der Waals surface area contributed by atoms with E-state index in [0.29, 0.717) is 50.5 Å². The molecule has 0 bridgehead atoms. The third-order valence-corrected chi connectivity index (χ3v) is 7.28. The summed E-state index contributed by atoms with van der Waals surface area (Å²) >= 11 is 0. The number of rotatable bonds is 7. The molecule has 2 heterocycles. The summed E-state index contributed by atoms with van der Waals surface area (Å²) in [5.41, 5.74) is 0.336. The zero-order chi connectivity index (χ0) is 20.1. The van der Waals surface area contributed by atoms with E-state index in [0.717, 1.165) is 25.8 Å². The first-order valence-electron chi connectivity index (χ1n) is 10.0. The highest BCUT2D eigenvalue weighted by molar-refractivity contribution is 7.89. The van der Waals surface area contributed by atoms with Crippen LogP contribution in [-0.4, -0.2) is 62.2 Å². The van der Waals surface area contributed by atoms with Gasteiger partial charge >= 0.3 is 0 Å². The number of nitrogens with zero attached hydrogens (tertiary/aromatic N) is 2. The van der Waals surface area contributed by atoms with Crippen molar-refractivity contribution < 1.29 is 18.0 Å². The van der Waals surface area contributed by atoms with Gasteiger partial charge in [-0.25, -0.2) is 8.42 Å². The molecule has 154 valence electrons. The van der Waals surface area contributed by atoms with Gasteiger partial charge in [-0.1, -0.05) is 13.0 Å². The van der Waals surface area contributed by atoms with Crippen molar-refractivity contribution in [2.45, 2.75) is 43.9 Å². The van der Waals surface area contributed by atoms with Gasteiger partial charge in [-0.3, -0.25) is 9.59 Å². The summed E-state index contributed by atoms with van der Waals surface area (Å²) in [6, 6.07) is 6.23. The topological polar surface area (TPSA) is 86.8 Å². The zero-order valence-electron chi connectivity index (χ0n) is 16.4. The molecule has 0 radical (unpaired) electrons. The molecule has 1 aromatic carbocycles. The number of hydrogen-bond acceptors (Lipinski definition) is 4. The molecule has 2 aliphatic rings. The third-order valence-electron chi connectivity index (χ3n) is 5.42. The molecule has 3 rings (SSSR count). The average molecular weight is 408 g/mol. The number of carbonyl (C=O) groups excluding carboxylic acids is 2. The Morgan fingerprint density at radius 1 is 1.25 bits per heavy atom. The molecule has 1 aromatic rings. The number of piperidine rings is 1. The molecular formula is C20H29N3O4S. The summed E-state index contributed by atoms with van der Waals surface area (Å²) in [4.78, 5) is 26.0. The first-order chi connectivity index (χ1) is 13.4. The van der Waals surface area contributed by atoms with Crippen molar-refractivity contribution in [3.8, 4) is 0 Å². The van der Waals surface area contributed by atoms with E-state index in [-0.39, 0.29) is 16.7 Å². The number of carbonyl (C=O) groups is 2. The van der Waals surface area contributed by atoms with E-state index in [1.165, 1.54) is 10.4 Å². The van der Waals surface area contributed by atoms with Gasteiger partial charge < -0.3 is 10.2 Å². The molecule has 0 saturated carbocycles. The van der Waals surface area contributed by atoms with Gasteiger partial charge in [0.2, 0.25) is 15.9 Å². The molecule has 0 spiro atoms. The maximum atomic E-state index is 12.9. The van der Waals surface area contributed by atoms with E-state index in [1.54, 1.807) is 18.2 Å². The Morgan fingerprint density at radius 3 is 2.79 bits per heavy atom. The molecule has 2 amide bonds. The minimum atomic E-state index is -3.58. The van der Waals surface area contributed by atoms with Crippen LogP contribution in [0.1, 0.15) is 49.4 Å². The lowest BCUT2D eigenvalue weighted by molar-refractivity contribution is -0.127. The van der Waals surface area contributed by atoms with Crippen LogP contribution in [-0.2, 0) is 14.8 Å². The van der Waals surface area contributed by atoms with Crippen LogP contribution in [0.5, 0.6) is 0 Å². The third kappa shape index (κ3) is 4.91. The molecule has 8 heteroatoms. The van der Waals surface area contributed by atoms with Gasteiger partial charge in [0.15, 0.2) is 0 Å². The quantitative estimate of drug-likeness (QED) is 0.699. The summed E-state index contributed by atoms with van der Waals surface area (Å²) in [7, 11) is -3.58. The average Bonchev–Trinajstić information content (AvgIpc) is 3.10. The van der Waals surface area contributed by atoms with Gasteiger partial charge in [0.25, 0.3) is 5.91 Å². The molecule has 2 saturated heterocycles. The van der Waals surface area contributed by atoms with Gasteiger partial charge in [-0.2, -0.15) is 4.31 Å². The molecule has 0 aromatic heterocycles. The summed E-state index contributed by atoms with van der Waals surface area (Å²) in [6.45, 7) is 4.99. The fourth-order valence-corrected chi connectivity index (χ4v) is 5.47. The first kappa shape index (κ1) is 20.8. The number of benzene rings is 1. The van der Waals surface area contributed by atoms with E-state index in [2.05, 4.69) is 12.2 Å². The Balaban J connectivity index is 1.57. The second kappa shape index (κ2) is 9.05. The van der Waals surface area contributed by atoms with Crippen LogP contribution in [0.3, 0.4) is 0 Å². The minimum Gasteiger partial charge on any atom is -0.352 e. The smallest absolute Gasteiger partial charge is 0.251 e. The second-order valence-corrected chi connectivity index (χ2v) is 9.67. The second-order valence-electron chi connectivity index (χ2n) is 7.73. The lowest BCUT2D eigenvalue weighted by Crippen LogP contribution is -2.39. The van der Waals surface area contributed by atoms with E-state index in [4.69, 9.17) is 0 Å². The number of nitrogens with one attached hydrogen (secondary N) is 1. The highest BCUT2D eigenvalue weighted by Gasteiger charge is 2.29. The zero-order valence-corrected chi connectivity index (χ0v) is 17.2. The molecule has 2 aliphatic heterocycles. The van der Waals surface area contributed by atoms with Crippen LogP contribution in [0.15, 0.2) is 29.2 Å². The highest BCUT2D eigenvalue weighted by Crippen LogP contribution is 2.24. The van der Waals surface area contributed by atoms with Crippen molar-refractivity contribution >= 4 is 21.8 Å². The van der Waals surface area contributed by atoms with Crippen LogP contribution in [0.4, 0.5) is 0 Å². The predicted molar refractivity (Wildman–Crippen MR) is 106 cm³/mol. The fourth-order valence-electron chi connectivity index (χ4n) is 3.83. The molecule has 0 unspecified atom stereocenters. The molecule has 7 nitrogen and oxygen atoms in total. The minimum absolute atomic E-state index is 0.164. The predicted octanol–water partition coefficient (Wildman–Crippen LogP) is 1.85. The van der Waals surface area contributed by atoms with E-state index in [9.17, 15) is 18.0 Å². The van der Waals surface area contributed by atoms with Gasteiger partial charge in [-0.15, -0.1) is 0 Å². The summed E-state index contributed by atoms with van der Waals surface area (Å²) < 4.78 is 27.3. The van der Waals surface area contributed by atoms with Crippen LogP contribution in [0.25, 0.3) is 0 Å². The lowest BCUT2D eigenvalue weighted by Gasteiger charge is -2.30. The van der Waals surface area contributed by atoms with E-state index in [1.807, 2.05) is 4.90 Å². The number of sulfonamides is 1.